The topological polar surface area (TPSA) is 78.9 Å². The zero-order chi connectivity index (χ0) is 43.7. The van der Waals surface area contributed by atoms with Crippen LogP contribution in [0, 0.1) is 0 Å². The van der Waals surface area contributed by atoms with E-state index in [0.717, 1.165) is 89.9 Å². The summed E-state index contributed by atoms with van der Waals surface area (Å²) in [5.74, 6) is -0.993. The molecular weight excluding hydrogens is 745 g/mol. The molecule has 0 heterocycles. The molecule has 0 radical (unpaired) electrons. The van der Waals surface area contributed by atoms with E-state index in [1.807, 2.05) is 48.6 Å². The van der Waals surface area contributed by atoms with Gasteiger partial charge < -0.3 is 14.2 Å². The molecule has 0 saturated heterocycles. The van der Waals surface area contributed by atoms with Crippen molar-refractivity contribution in [1.29, 1.82) is 0 Å². The van der Waals surface area contributed by atoms with Gasteiger partial charge in [0.25, 0.3) is 0 Å². The lowest BCUT2D eigenvalue weighted by Gasteiger charge is -2.18. The third-order valence-corrected chi connectivity index (χ3v) is 9.96. The maximum absolute atomic E-state index is 12.8. The van der Waals surface area contributed by atoms with Crippen LogP contribution in [0.25, 0.3) is 0 Å². The van der Waals surface area contributed by atoms with E-state index in [1.165, 1.54) is 77.0 Å². The van der Waals surface area contributed by atoms with Crippen molar-refractivity contribution < 1.29 is 28.6 Å². The van der Waals surface area contributed by atoms with Crippen LogP contribution in [0.3, 0.4) is 0 Å². The molecular formula is C54H88O6. The highest BCUT2D eigenvalue weighted by atomic mass is 16.6. The van der Waals surface area contributed by atoms with Gasteiger partial charge in [0, 0.05) is 19.3 Å². The minimum Gasteiger partial charge on any atom is -0.462 e. The van der Waals surface area contributed by atoms with Crippen LogP contribution in [-0.2, 0) is 28.6 Å². The van der Waals surface area contributed by atoms with Gasteiger partial charge >= 0.3 is 17.9 Å². The molecule has 0 fully saturated rings. The summed E-state index contributed by atoms with van der Waals surface area (Å²) >= 11 is 0. The standard InChI is InChI=1S/C54H88O6/c1-4-7-10-13-16-19-22-25-27-29-32-35-38-41-44-47-53(56)59-50-51(49-58-52(55)46-43-40-37-34-31-24-21-18-15-12-9-6-3)60-54(57)48-45-42-39-36-33-30-28-26-23-20-17-14-11-8-5-2/h7,9-10,12-13,16,18-19,21-22,25,27,29,31-32,34,51H,4-6,8,11,14-15,17,20,23-24,26,28,30,33,35-50H2,1-3H3/b10-7-,12-9-,16-13-,21-18-,22-19-,27-25-,32-29-,34-31-. The molecule has 0 aliphatic rings. The van der Waals surface area contributed by atoms with Crippen LogP contribution in [0.5, 0.6) is 0 Å². The molecule has 0 aliphatic carbocycles. The van der Waals surface area contributed by atoms with Crippen LogP contribution >= 0.6 is 0 Å². The number of hydrogen-bond acceptors (Lipinski definition) is 6. The van der Waals surface area contributed by atoms with E-state index >= 15 is 0 Å². The van der Waals surface area contributed by atoms with Crippen molar-refractivity contribution in [3.8, 4) is 0 Å². The molecule has 0 spiro atoms. The summed E-state index contributed by atoms with van der Waals surface area (Å²) in [7, 11) is 0. The van der Waals surface area contributed by atoms with Gasteiger partial charge in [-0.15, -0.1) is 0 Å². The zero-order valence-electron chi connectivity index (χ0n) is 38.7. The molecule has 1 unspecified atom stereocenters. The van der Waals surface area contributed by atoms with Crippen LogP contribution in [0.4, 0.5) is 0 Å². The normalized spacial score (nSPS) is 12.9. The number of carbonyl (C=O) groups is 3. The minimum atomic E-state index is -0.808. The van der Waals surface area contributed by atoms with Gasteiger partial charge in [0.2, 0.25) is 0 Å². The largest absolute Gasteiger partial charge is 0.462 e. The van der Waals surface area contributed by atoms with Crippen LogP contribution in [0.15, 0.2) is 97.2 Å². The monoisotopic (exact) mass is 833 g/mol. The predicted octanol–water partition coefficient (Wildman–Crippen LogP) is 15.8. The van der Waals surface area contributed by atoms with Gasteiger partial charge in [0.05, 0.1) is 0 Å². The summed E-state index contributed by atoms with van der Waals surface area (Å²) in [6, 6.07) is 0. The van der Waals surface area contributed by atoms with Gasteiger partial charge in [-0.3, -0.25) is 14.4 Å². The average Bonchev–Trinajstić information content (AvgIpc) is 3.24. The molecule has 6 nitrogen and oxygen atoms in total. The number of ether oxygens (including phenoxy) is 3. The number of carbonyl (C=O) groups excluding carboxylic acids is 3. The summed E-state index contributed by atoms with van der Waals surface area (Å²) < 4.78 is 16.7. The Hall–Kier alpha value is -3.67. The second-order valence-electron chi connectivity index (χ2n) is 15.7. The van der Waals surface area contributed by atoms with E-state index in [2.05, 4.69) is 69.4 Å². The number of esters is 3. The lowest BCUT2D eigenvalue weighted by Crippen LogP contribution is -2.30. The van der Waals surface area contributed by atoms with Crippen LogP contribution < -0.4 is 0 Å². The van der Waals surface area contributed by atoms with E-state index in [0.29, 0.717) is 19.3 Å². The molecule has 6 heteroatoms. The number of hydrogen-bond donors (Lipinski definition) is 0. The Morgan fingerprint density at radius 3 is 1.25 bits per heavy atom. The van der Waals surface area contributed by atoms with Gasteiger partial charge in [0.15, 0.2) is 6.10 Å². The van der Waals surface area contributed by atoms with Crippen molar-refractivity contribution in [1.82, 2.24) is 0 Å². The first kappa shape index (κ1) is 56.3. The van der Waals surface area contributed by atoms with Crippen molar-refractivity contribution in [2.75, 3.05) is 13.2 Å². The van der Waals surface area contributed by atoms with Crippen molar-refractivity contribution in [3.63, 3.8) is 0 Å². The lowest BCUT2D eigenvalue weighted by atomic mass is 10.0. The molecule has 1 atom stereocenters. The van der Waals surface area contributed by atoms with Gasteiger partial charge in [0.1, 0.15) is 13.2 Å². The highest BCUT2D eigenvalue weighted by molar-refractivity contribution is 5.71. The Labute approximate surface area is 368 Å². The fourth-order valence-corrected chi connectivity index (χ4v) is 6.36. The molecule has 0 rings (SSSR count). The minimum absolute atomic E-state index is 0.111. The van der Waals surface area contributed by atoms with E-state index in [1.54, 1.807) is 0 Å². The highest BCUT2D eigenvalue weighted by Crippen LogP contribution is 2.15. The van der Waals surface area contributed by atoms with Gasteiger partial charge in [-0.05, 0) is 70.6 Å². The van der Waals surface area contributed by atoms with Gasteiger partial charge in [-0.1, -0.05) is 214 Å². The number of unbranched alkanes of at least 4 members (excludes halogenated alkanes) is 19. The van der Waals surface area contributed by atoms with Crippen LogP contribution in [-0.4, -0.2) is 37.2 Å². The molecule has 0 N–H and O–H groups in total. The Kier molecular flexibility index (Phi) is 45.1. The van der Waals surface area contributed by atoms with Crippen molar-refractivity contribution >= 4 is 17.9 Å². The summed E-state index contributed by atoms with van der Waals surface area (Å²) in [6.07, 6.45) is 62.5. The molecule has 0 aromatic carbocycles. The first-order valence-electron chi connectivity index (χ1n) is 24.3. The van der Waals surface area contributed by atoms with Crippen LogP contribution in [0.2, 0.25) is 0 Å². The molecule has 0 saturated carbocycles. The smallest absolute Gasteiger partial charge is 0.306 e. The van der Waals surface area contributed by atoms with Gasteiger partial charge in [-0.2, -0.15) is 0 Å². The SMILES string of the molecule is CC\C=C/C=C\C=C/C=C\C=C/CCCCCC(=O)OCC(COC(=O)CCCC/C=C\C/C=C\C/C=C\CC)OC(=O)CCCCCCCCCCCCCCCCC. The lowest BCUT2D eigenvalue weighted by molar-refractivity contribution is -0.167. The Morgan fingerprint density at radius 1 is 0.367 bits per heavy atom. The molecule has 0 aromatic rings. The highest BCUT2D eigenvalue weighted by Gasteiger charge is 2.19. The summed E-state index contributed by atoms with van der Waals surface area (Å²) in [5, 5.41) is 0. The Morgan fingerprint density at radius 2 is 0.733 bits per heavy atom. The number of allylic oxidation sites excluding steroid dienone is 16. The van der Waals surface area contributed by atoms with Crippen molar-refractivity contribution in [3.05, 3.63) is 97.2 Å². The third-order valence-electron chi connectivity index (χ3n) is 9.96. The van der Waals surface area contributed by atoms with Crippen molar-refractivity contribution in [2.24, 2.45) is 0 Å². The first-order valence-corrected chi connectivity index (χ1v) is 24.3. The van der Waals surface area contributed by atoms with E-state index in [9.17, 15) is 14.4 Å². The van der Waals surface area contributed by atoms with E-state index < -0.39 is 6.10 Å². The maximum atomic E-state index is 12.8. The van der Waals surface area contributed by atoms with Gasteiger partial charge in [-0.25, -0.2) is 0 Å². The molecule has 0 amide bonds. The van der Waals surface area contributed by atoms with Crippen molar-refractivity contribution in [2.45, 2.75) is 213 Å². The van der Waals surface area contributed by atoms with E-state index in [-0.39, 0.29) is 31.1 Å². The first-order chi connectivity index (χ1) is 29.5. The molecule has 0 aromatic heterocycles. The quantitative estimate of drug-likeness (QED) is 0.0200. The molecule has 0 bridgehead atoms. The second-order valence-corrected chi connectivity index (χ2v) is 15.7. The molecule has 0 aliphatic heterocycles. The molecule has 60 heavy (non-hydrogen) atoms. The average molecular weight is 833 g/mol. The van der Waals surface area contributed by atoms with E-state index in [4.69, 9.17) is 14.2 Å². The summed E-state index contributed by atoms with van der Waals surface area (Å²) in [4.78, 5) is 37.9. The maximum Gasteiger partial charge on any atom is 0.306 e. The Balaban J connectivity index is 4.51. The fourth-order valence-electron chi connectivity index (χ4n) is 6.36. The number of rotatable bonds is 42. The zero-order valence-corrected chi connectivity index (χ0v) is 38.7. The summed E-state index contributed by atoms with van der Waals surface area (Å²) in [6.45, 7) is 6.29. The fraction of sp³-hybridized carbons (Fsp3) is 0.648. The third kappa shape index (κ3) is 45.4. The Bertz CT molecular complexity index is 1230. The van der Waals surface area contributed by atoms with Crippen LogP contribution in [0.1, 0.15) is 207 Å². The molecule has 340 valence electrons. The predicted molar refractivity (Wildman–Crippen MR) is 256 cm³/mol. The summed E-state index contributed by atoms with van der Waals surface area (Å²) in [5.41, 5.74) is 0. The second kappa shape index (κ2) is 48.0.